The van der Waals surface area contributed by atoms with Gasteiger partial charge in [-0.2, -0.15) is 0 Å². The summed E-state index contributed by atoms with van der Waals surface area (Å²) < 4.78 is 0. The SMILES string of the molecule is CNC(Cc1ccccc1[N+](=O)[O-])c1ccc(Cl)cc1C. The fourth-order valence-electron chi connectivity index (χ4n) is 2.48. The number of nitro benzene ring substituents is 1. The third-order valence-corrected chi connectivity index (χ3v) is 3.80. The van der Waals surface area contributed by atoms with Crippen LogP contribution < -0.4 is 5.32 Å². The molecular formula is C16H17ClN2O2. The highest BCUT2D eigenvalue weighted by atomic mass is 35.5. The zero-order valence-corrected chi connectivity index (χ0v) is 12.7. The van der Waals surface area contributed by atoms with Gasteiger partial charge in [-0.05, 0) is 43.7 Å². The molecule has 0 saturated carbocycles. The lowest BCUT2D eigenvalue weighted by molar-refractivity contribution is -0.385. The van der Waals surface area contributed by atoms with Crippen molar-refractivity contribution in [3.63, 3.8) is 0 Å². The zero-order chi connectivity index (χ0) is 15.4. The molecule has 5 heteroatoms. The van der Waals surface area contributed by atoms with Crippen LogP contribution in [-0.2, 0) is 6.42 Å². The Kier molecular flexibility index (Phi) is 4.94. The lowest BCUT2D eigenvalue weighted by Gasteiger charge is -2.19. The van der Waals surface area contributed by atoms with Crippen molar-refractivity contribution in [3.8, 4) is 0 Å². The minimum atomic E-state index is -0.337. The van der Waals surface area contributed by atoms with Gasteiger partial charge in [-0.25, -0.2) is 0 Å². The van der Waals surface area contributed by atoms with Gasteiger partial charge in [0, 0.05) is 22.7 Å². The molecule has 2 rings (SSSR count). The fourth-order valence-corrected chi connectivity index (χ4v) is 2.71. The molecule has 110 valence electrons. The molecule has 1 N–H and O–H groups in total. The Bertz CT molecular complexity index is 658. The van der Waals surface area contributed by atoms with Gasteiger partial charge in [-0.3, -0.25) is 10.1 Å². The number of likely N-dealkylation sites (N-methyl/N-ethyl adjacent to an activating group) is 1. The zero-order valence-electron chi connectivity index (χ0n) is 12.0. The van der Waals surface area contributed by atoms with Gasteiger partial charge in [-0.15, -0.1) is 0 Å². The first kappa shape index (κ1) is 15.5. The predicted molar refractivity (Wildman–Crippen MR) is 84.8 cm³/mol. The summed E-state index contributed by atoms with van der Waals surface area (Å²) in [6.45, 7) is 1.99. The highest BCUT2D eigenvalue weighted by molar-refractivity contribution is 6.30. The van der Waals surface area contributed by atoms with Crippen LogP contribution in [0.4, 0.5) is 5.69 Å². The van der Waals surface area contributed by atoms with Crippen LogP contribution in [0.5, 0.6) is 0 Å². The molecule has 0 saturated heterocycles. The van der Waals surface area contributed by atoms with Crippen LogP contribution in [0.25, 0.3) is 0 Å². The Labute approximate surface area is 128 Å². The van der Waals surface area contributed by atoms with E-state index < -0.39 is 0 Å². The Morgan fingerprint density at radius 1 is 1.29 bits per heavy atom. The van der Waals surface area contributed by atoms with Crippen LogP contribution in [0.15, 0.2) is 42.5 Å². The van der Waals surface area contributed by atoms with Crippen molar-refractivity contribution < 1.29 is 4.92 Å². The first-order chi connectivity index (χ1) is 10.0. The maximum absolute atomic E-state index is 11.1. The molecule has 0 fully saturated rings. The second kappa shape index (κ2) is 6.70. The summed E-state index contributed by atoms with van der Waals surface area (Å²) in [4.78, 5) is 10.8. The van der Waals surface area contributed by atoms with Crippen molar-refractivity contribution in [2.45, 2.75) is 19.4 Å². The van der Waals surface area contributed by atoms with Gasteiger partial charge < -0.3 is 5.32 Å². The highest BCUT2D eigenvalue weighted by Gasteiger charge is 2.18. The quantitative estimate of drug-likeness (QED) is 0.669. The Hall–Kier alpha value is -1.91. The number of nitro groups is 1. The maximum Gasteiger partial charge on any atom is 0.272 e. The summed E-state index contributed by atoms with van der Waals surface area (Å²) in [5.74, 6) is 0. The molecule has 0 radical (unpaired) electrons. The predicted octanol–water partition coefficient (Wildman–Crippen LogP) is 4.06. The summed E-state index contributed by atoms with van der Waals surface area (Å²) in [7, 11) is 1.85. The van der Waals surface area contributed by atoms with E-state index in [0.29, 0.717) is 11.4 Å². The fraction of sp³-hybridized carbons (Fsp3) is 0.250. The van der Waals surface area contributed by atoms with Gasteiger partial charge in [0.2, 0.25) is 0 Å². The molecular weight excluding hydrogens is 288 g/mol. The molecule has 0 amide bonds. The Balaban J connectivity index is 2.34. The smallest absolute Gasteiger partial charge is 0.272 e. The van der Waals surface area contributed by atoms with Crippen molar-refractivity contribution in [2.24, 2.45) is 0 Å². The third-order valence-electron chi connectivity index (χ3n) is 3.57. The number of aryl methyl sites for hydroxylation is 1. The molecule has 0 spiro atoms. The minimum Gasteiger partial charge on any atom is -0.313 e. The first-order valence-corrected chi connectivity index (χ1v) is 7.06. The standard InChI is InChI=1S/C16H17ClN2O2/c1-11-9-13(17)7-8-14(11)15(18-2)10-12-5-3-4-6-16(12)19(20)21/h3-9,15,18H,10H2,1-2H3. The van der Waals surface area contributed by atoms with E-state index in [1.165, 1.54) is 6.07 Å². The minimum absolute atomic E-state index is 0.00312. The topological polar surface area (TPSA) is 55.2 Å². The normalized spacial score (nSPS) is 12.1. The number of nitrogens with zero attached hydrogens (tertiary/aromatic N) is 1. The summed E-state index contributed by atoms with van der Waals surface area (Å²) >= 11 is 5.98. The monoisotopic (exact) mass is 304 g/mol. The van der Waals surface area contributed by atoms with Gasteiger partial charge in [0.15, 0.2) is 0 Å². The average molecular weight is 305 g/mol. The molecule has 4 nitrogen and oxygen atoms in total. The van der Waals surface area contributed by atoms with Crippen LogP contribution in [0.2, 0.25) is 5.02 Å². The molecule has 0 heterocycles. The number of para-hydroxylation sites is 1. The van der Waals surface area contributed by atoms with E-state index in [2.05, 4.69) is 5.32 Å². The number of halogens is 1. The maximum atomic E-state index is 11.1. The first-order valence-electron chi connectivity index (χ1n) is 6.68. The molecule has 0 aliphatic rings. The van der Waals surface area contributed by atoms with Gasteiger partial charge >= 0.3 is 0 Å². The molecule has 0 bridgehead atoms. The van der Waals surface area contributed by atoms with Gasteiger partial charge in [0.1, 0.15) is 0 Å². The third kappa shape index (κ3) is 3.60. The lowest BCUT2D eigenvalue weighted by Crippen LogP contribution is -2.20. The molecule has 2 aromatic carbocycles. The summed E-state index contributed by atoms with van der Waals surface area (Å²) in [6.07, 6.45) is 0.552. The van der Waals surface area contributed by atoms with E-state index in [-0.39, 0.29) is 16.7 Å². The Morgan fingerprint density at radius 2 is 2.00 bits per heavy atom. The van der Waals surface area contributed by atoms with Crippen molar-refractivity contribution in [1.29, 1.82) is 0 Å². The van der Waals surface area contributed by atoms with E-state index >= 15 is 0 Å². The molecule has 1 atom stereocenters. The van der Waals surface area contributed by atoms with Crippen LogP contribution >= 0.6 is 11.6 Å². The number of rotatable bonds is 5. The van der Waals surface area contributed by atoms with Gasteiger partial charge in [0.05, 0.1) is 4.92 Å². The number of hydrogen-bond acceptors (Lipinski definition) is 3. The lowest BCUT2D eigenvalue weighted by atomic mass is 9.95. The van der Waals surface area contributed by atoms with Crippen LogP contribution in [-0.4, -0.2) is 12.0 Å². The molecule has 0 aliphatic carbocycles. The summed E-state index contributed by atoms with van der Waals surface area (Å²) in [5.41, 5.74) is 3.04. The second-order valence-electron chi connectivity index (χ2n) is 4.93. The van der Waals surface area contributed by atoms with E-state index in [1.54, 1.807) is 12.1 Å². The van der Waals surface area contributed by atoms with Crippen molar-refractivity contribution in [3.05, 3.63) is 74.3 Å². The van der Waals surface area contributed by atoms with Crippen LogP contribution in [0.3, 0.4) is 0 Å². The highest BCUT2D eigenvalue weighted by Crippen LogP contribution is 2.27. The Morgan fingerprint density at radius 3 is 2.62 bits per heavy atom. The number of benzene rings is 2. The van der Waals surface area contributed by atoms with Crippen molar-refractivity contribution in [2.75, 3.05) is 7.05 Å². The number of hydrogen-bond donors (Lipinski definition) is 1. The molecule has 1 unspecified atom stereocenters. The van der Waals surface area contributed by atoms with Crippen molar-refractivity contribution >= 4 is 17.3 Å². The summed E-state index contributed by atoms with van der Waals surface area (Å²) in [6, 6.07) is 12.6. The summed E-state index contributed by atoms with van der Waals surface area (Å²) in [5, 5.41) is 15.0. The molecule has 0 aliphatic heterocycles. The number of nitrogens with one attached hydrogen (secondary N) is 1. The van der Waals surface area contributed by atoms with E-state index in [4.69, 9.17) is 11.6 Å². The van der Waals surface area contributed by atoms with Crippen LogP contribution in [0, 0.1) is 17.0 Å². The van der Waals surface area contributed by atoms with Crippen LogP contribution in [0.1, 0.15) is 22.7 Å². The van der Waals surface area contributed by atoms with Crippen molar-refractivity contribution in [1.82, 2.24) is 5.32 Å². The van der Waals surface area contributed by atoms with Gasteiger partial charge in [-0.1, -0.05) is 35.9 Å². The average Bonchev–Trinajstić information content (AvgIpc) is 2.45. The van der Waals surface area contributed by atoms with E-state index in [0.717, 1.165) is 16.7 Å². The molecule has 2 aromatic rings. The molecule has 0 aromatic heterocycles. The van der Waals surface area contributed by atoms with E-state index in [1.807, 2.05) is 38.2 Å². The molecule has 21 heavy (non-hydrogen) atoms. The second-order valence-corrected chi connectivity index (χ2v) is 5.37. The van der Waals surface area contributed by atoms with Gasteiger partial charge in [0.25, 0.3) is 5.69 Å². The van der Waals surface area contributed by atoms with E-state index in [9.17, 15) is 10.1 Å². The largest absolute Gasteiger partial charge is 0.313 e.